The van der Waals surface area contributed by atoms with E-state index in [0.717, 1.165) is 12.8 Å². The molecule has 0 spiro atoms. The molecule has 1 rings (SSSR count). The number of amides is 1. The molecule has 0 aliphatic carbocycles. The van der Waals surface area contributed by atoms with E-state index in [1.54, 1.807) is 0 Å². The number of carbonyl (C=O) groups excluding carboxylic acids is 2. The number of unbranched alkanes of at least 4 members (excludes halogenated alkanes) is 1. The van der Waals surface area contributed by atoms with Crippen LogP contribution < -0.4 is 14.8 Å². The van der Waals surface area contributed by atoms with Gasteiger partial charge in [0.1, 0.15) is 0 Å². The zero-order valence-corrected chi connectivity index (χ0v) is 13.7. The Hall–Kier alpha value is -1.95. The molecule has 0 saturated carbocycles. The lowest BCUT2D eigenvalue weighted by Gasteiger charge is -2.13. The van der Waals surface area contributed by atoms with Crippen LogP contribution in [0.3, 0.4) is 0 Å². The summed E-state index contributed by atoms with van der Waals surface area (Å²) in [5, 5.41) is 2.61. The molecule has 1 N–H and O–H groups in total. The third-order valence-corrected chi connectivity index (χ3v) is 3.10. The first-order valence-corrected chi connectivity index (χ1v) is 7.29. The van der Waals surface area contributed by atoms with Gasteiger partial charge in [0.05, 0.1) is 24.3 Å². The van der Waals surface area contributed by atoms with Crippen molar-refractivity contribution >= 4 is 23.5 Å². The number of carbonyl (C=O) groups is 2. The number of nitrogens with one attached hydrogen (secondary N) is 1. The van der Waals surface area contributed by atoms with Crippen molar-refractivity contribution in [1.29, 1.82) is 0 Å². The lowest BCUT2D eigenvalue weighted by Crippen LogP contribution is -2.25. The Morgan fingerprint density at radius 3 is 2.64 bits per heavy atom. The summed E-state index contributed by atoms with van der Waals surface area (Å²) in [6, 6.07) is 2.90. The van der Waals surface area contributed by atoms with Crippen LogP contribution in [0.1, 0.15) is 30.1 Å². The average molecular weight is 330 g/mol. The van der Waals surface area contributed by atoms with Crippen LogP contribution in [0.2, 0.25) is 5.02 Å². The minimum Gasteiger partial charge on any atom is -0.493 e. The maximum Gasteiger partial charge on any atom is 0.338 e. The van der Waals surface area contributed by atoms with Crippen molar-refractivity contribution < 1.29 is 23.8 Å². The predicted molar refractivity (Wildman–Crippen MR) is 82.8 cm³/mol. The number of hydrogen-bond donors (Lipinski definition) is 1. The van der Waals surface area contributed by atoms with E-state index in [9.17, 15) is 9.59 Å². The molecular formula is C15H20ClNO5. The van der Waals surface area contributed by atoms with Crippen LogP contribution in [0.25, 0.3) is 0 Å². The van der Waals surface area contributed by atoms with Gasteiger partial charge in [0.25, 0.3) is 5.91 Å². The van der Waals surface area contributed by atoms with Gasteiger partial charge in [0, 0.05) is 7.05 Å². The zero-order valence-electron chi connectivity index (χ0n) is 12.9. The standard InChI is InChI=1S/C15H20ClNO5/c1-4-5-6-21-14-11(16)7-10(8-12(14)20-3)15(19)22-9-13(18)17-2/h7-8H,4-6,9H2,1-3H3,(H,17,18). The molecule has 1 aromatic carbocycles. The summed E-state index contributed by atoms with van der Waals surface area (Å²) < 4.78 is 15.6. The van der Waals surface area contributed by atoms with E-state index in [1.165, 1.54) is 26.3 Å². The molecule has 0 aliphatic heterocycles. The summed E-state index contributed by atoms with van der Waals surface area (Å²) in [6.07, 6.45) is 1.87. The fourth-order valence-electron chi connectivity index (χ4n) is 1.58. The molecule has 0 bridgehead atoms. The number of rotatable bonds is 8. The van der Waals surface area contributed by atoms with Crippen molar-refractivity contribution in [3.05, 3.63) is 22.7 Å². The highest BCUT2D eigenvalue weighted by Crippen LogP contribution is 2.36. The van der Waals surface area contributed by atoms with Crippen LogP contribution in [0.4, 0.5) is 0 Å². The first kappa shape index (κ1) is 18.1. The number of benzene rings is 1. The Morgan fingerprint density at radius 1 is 1.32 bits per heavy atom. The predicted octanol–water partition coefficient (Wildman–Crippen LogP) is 2.43. The van der Waals surface area contributed by atoms with E-state index in [0.29, 0.717) is 18.1 Å². The molecule has 1 aromatic rings. The number of halogens is 1. The van der Waals surface area contributed by atoms with E-state index in [4.69, 9.17) is 25.8 Å². The first-order valence-electron chi connectivity index (χ1n) is 6.91. The second-order valence-corrected chi connectivity index (χ2v) is 4.85. The maximum atomic E-state index is 11.9. The number of likely N-dealkylation sites (N-methyl/N-ethyl adjacent to an activating group) is 1. The minimum atomic E-state index is -0.663. The topological polar surface area (TPSA) is 73.9 Å². The summed E-state index contributed by atoms with van der Waals surface area (Å²) in [4.78, 5) is 23.0. The highest BCUT2D eigenvalue weighted by molar-refractivity contribution is 6.32. The number of ether oxygens (including phenoxy) is 3. The van der Waals surface area contributed by atoms with E-state index >= 15 is 0 Å². The van der Waals surface area contributed by atoms with Gasteiger partial charge >= 0.3 is 5.97 Å². The van der Waals surface area contributed by atoms with Gasteiger partial charge in [-0.1, -0.05) is 24.9 Å². The van der Waals surface area contributed by atoms with E-state index in [-0.39, 0.29) is 17.2 Å². The average Bonchev–Trinajstić information content (AvgIpc) is 2.53. The molecule has 7 heteroatoms. The van der Waals surface area contributed by atoms with Gasteiger partial charge in [-0.05, 0) is 18.6 Å². The molecular weight excluding hydrogens is 310 g/mol. The van der Waals surface area contributed by atoms with Crippen molar-refractivity contribution in [1.82, 2.24) is 5.32 Å². The Bertz CT molecular complexity index is 533. The second-order valence-electron chi connectivity index (χ2n) is 4.44. The number of esters is 1. The van der Waals surface area contributed by atoms with Crippen molar-refractivity contribution in [2.24, 2.45) is 0 Å². The molecule has 0 heterocycles. The number of hydrogen-bond acceptors (Lipinski definition) is 5. The van der Waals surface area contributed by atoms with E-state index in [1.807, 2.05) is 6.92 Å². The Labute approximate surface area is 134 Å². The molecule has 0 saturated heterocycles. The molecule has 6 nitrogen and oxygen atoms in total. The van der Waals surface area contributed by atoms with Gasteiger partial charge in [-0.15, -0.1) is 0 Å². The normalized spacial score (nSPS) is 10.0. The van der Waals surface area contributed by atoms with Crippen LogP contribution in [-0.2, 0) is 9.53 Å². The monoisotopic (exact) mass is 329 g/mol. The smallest absolute Gasteiger partial charge is 0.338 e. The molecule has 0 atom stereocenters. The van der Waals surface area contributed by atoms with Crippen molar-refractivity contribution in [2.45, 2.75) is 19.8 Å². The minimum absolute atomic E-state index is 0.189. The van der Waals surface area contributed by atoms with Crippen LogP contribution in [0.5, 0.6) is 11.5 Å². The third-order valence-electron chi connectivity index (χ3n) is 2.82. The SMILES string of the molecule is CCCCOc1c(Cl)cc(C(=O)OCC(=O)NC)cc1OC. The zero-order chi connectivity index (χ0) is 16.5. The van der Waals surface area contributed by atoms with E-state index < -0.39 is 11.9 Å². The molecule has 22 heavy (non-hydrogen) atoms. The van der Waals surface area contributed by atoms with Gasteiger partial charge in [-0.25, -0.2) is 4.79 Å². The maximum absolute atomic E-state index is 11.9. The van der Waals surface area contributed by atoms with Crippen LogP contribution >= 0.6 is 11.6 Å². The quantitative estimate of drug-likeness (QED) is 0.585. The summed E-state index contributed by atoms with van der Waals surface area (Å²) in [5.41, 5.74) is 0.189. The van der Waals surface area contributed by atoms with Gasteiger partial charge in [-0.2, -0.15) is 0 Å². The molecule has 0 fully saturated rings. The van der Waals surface area contributed by atoms with Crippen molar-refractivity contribution in [2.75, 3.05) is 27.4 Å². The van der Waals surface area contributed by atoms with Crippen LogP contribution in [0, 0.1) is 0 Å². The molecule has 122 valence electrons. The summed E-state index contributed by atoms with van der Waals surface area (Å²) in [6.45, 7) is 2.20. The van der Waals surface area contributed by atoms with Gasteiger partial charge in [0.15, 0.2) is 18.1 Å². The Kier molecular flexibility index (Phi) is 7.52. The van der Waals surface area contributed by atoms with Gasteiger partial charge < -0.3 is 19.5 Å². The fraction of sp³-hybridized carbons (Fsp3) is 0.467. The fourth-order valence-corrected chi connectivity index (χ4v) is 1.85. The van der Waals surface area contributed by atoms with Gasteiger partial charge in [0.2, 0.25) is 0 Å². The summed E-state index contributed by atoms with van der Waals surface area (Å²) in [7, 11) is 2.91. The Morgan fingerprint density at radius 2 is 2.05 bits per heavy atom. The number of methoxy groups -OCH3 is 1. The van der Waals surface area contributed by atoms with Crippen LogP contribution in [-0.4, -0.2) is 39.2 Å². The van der Waals surface area contributed by atoms with Gasteiger partial charge in [-0.3, -0.25) is 4.79 Å². The van der Waals surface area contributed by atoms with Crippen molar-refractivity contribution in [3.8, 4) is 11.5 Å². The largest absolute Gasteiger partial charge is 0.493 e. The van der Waals surface area contributed by atoms with Crippen molar-refractivity contribution in [3.63, 3.8) is 0 Å². The second kappa shape index (κ2) is 9.15. The molecule has 0 aliphatic rings. The molecule has 1 amide bonds. The molecule has 0 radical (unpaired) electrons. The summed E-state index contributed by atoms with van der Waals surface area (Å²) in [5.74, 6) is -0.328. The lowest BCUT2D eigenvalue weighted by molar-refractivity contribution is -0.123. The first-order chi connectivity index (χ1) is 10.5. The highest BCUT2D eigenvalue weighted by atomic mass is 35.5. The van der Waals surface area contributed by atoms with E-state index in [2.05, 4.69) is 5.32 Å². The van der Waals surface area contributed by atoms with Crippen LogP contribution in [0.15, 0.2) is 12.1 Å². The third kappa shape index (κ3) is 5.11. The highest BCUT2D eigenvalue weighted by Gasteiger charge is 2.17. The Balaban J connectivity index is 2.87. The summed E-state index contributed by atoms with van der Waals surface area (Å²) >= 11 is 6.13. The molecule has 0 aromatic heterocycles. The molecule has 0 unspecified atom stereocenters. The lowest BCUT2D eigenvalue weighted by atomic mass is 10.2.